The predicted molar refractivity (Wildman–Crippen MR) is 40.6 cm³/mol. The van der Waals surface area contributed by atoms with Crippen molar-refractivity contribution in [2.75, 3.05) is 6.61 Å². The van der Waals surface area contributed by atoms with E-state index in [2.05, 4.69) is 6.92 Å². The van der Waals surface area contributed by atoms with Gasteiger partial charge in [-0.2, -0.15) is 0 Å². The van der Waals surface area contributed by atoms with E-state index in [0.29, 0.717) is 12.5 Å². The summed E-state index contributed by atoms with van der Waals surface area (Å²) in [5.41, 5.74) is 0. The molecule has 0 saturated heterocycles. The van der Waals surface area contributed by atoms with Gasteiger partial charge in [-0.1, -0.05) is 13.3 Å². The molecule has 2 aliphatic carbocycles. The molecule has 2 fully saturated rings. The van der Waals surface area contributed by atoms with Crippen LogP contribution in [0.25, 0.3) is 0 Å². The lowest BCUT2D eigenvalue weighted by Crippen LogP contribution is -1.91. The van der Waals surface area contributed by atoms with E-state index in [4.69, 9.17) is 5.11 Å². The van der Waals surface area contributed by atoms with Crippen molar-refractivity contribution in [2.24, 2.45) is 23.7 Å². The SMILES string of the molecule is CCC1CC1C1CC1CO. The molecular formula is C9H16O. The molecule has 4 unspecified atom stereocenters. The number of aliphatic hydroxyl groups is 1. The summed E-state index contributed by atoms with van der Waals surface area (Å²) >= 11 is 0. The monoisotopic (exact) mass is 140 g/mol. The van der Waals surface area contributed by atoms with Gasteiger partial charge in [0.2, 0.25) is 0 Å². The highest BCUT2D eigenvalue weighted by molar-refractivity contribution is 5.01. The van der Waals surface area contributed by atoms with Gasteiger partial charge >= 0.3 is 0 Å². The second-order valence-electron chi connectivity index (χ2n) is 3.91. The fourth-order valence-corrected chi connectivity index (χ4v) is 2.27. The molecule has 1 heteroatoms. The van der Waals surface area contributed by atoms with Crippen molar-refractivity contribution in [1.29, 1.82) is 0 Å². The van der Waals surface area contributed by atoms with Gasteiger partial charge in [0.1, 0.15) is 0 Å². The van der Waals surface area contributed by atoms with Crippen LogP contribution in [-0.4, -0.2) is 11.7 Å². The molecule has 0 aromatic heterocycles. The van der Waals surface area contributed by atoms with Gasteiger partial charge in [-0.15, -0.1) is 0 Å². The zero-order valence-electron chi connectivity index (χ0n) is 6.59. The van der Waals surface area contributed by atoms with Gasteiger partial charge in [-0.25, -0.2) is 0 Å². The topological polar surface area (TPSA) is 20.2 Å². The molecule has 0 aromatic rings. The van der Waals surface area contributed by atoms with Gasteiger partial charge in [-0.05, 0) is 36.5 Å². The Bertz CT molecular complexity index is 117. The predicted octanol–water partition coefficient (Wildman–Crippen LogP) is 1.66. The van der Waals surface area contributed by atoms with Crippen molar-refractivity contribution in [3.63, 3.8) is 0 Å². The van der Waals surface area contributed by atoms with Crippen LogP contribution in [0.5, 0.6) is 0 Å². The standard InChI is InChI=1S/C9H16O/c1-2-6-3-8(6)9-4-7(9)5-10/h6-10H,2-5H2,1H3. The van der Waals surface area contributed by atoms with E-state index in [0.717, 1.165) is 17.8 Å². The molecule has 0 bridgehead atoms. The minimum Gasteiger partial charge on any atom is -0.396 e. The van der Waals surface area contributed by atoms with Crippen LogP contribution in [0.15, 0.2) is 0 Å². The Morgan fingerprint density at radius 3 is 2.20 bits per heavy atom. The molecule has 1 N–H and O–H groups in total. The average molecular weight is 140 g/mol. The lowest BCUT2D eigenvalue weighted by atomic mass is 10.1. The zero-order valence-corrected chi connectivity index (χ0v) is 6.59. The summed E-state index contributed by atoms with van der Waals surface area (Å²) in [4.78, 5) is 0. The molecule has 10 heavy (non-hydrogen) atoms. The summed E-state index contributed by atoms with van der Waals surface area (Å²) in [6, 6.07) is 0. The average Bonchev–Trinajstić information content (AvgIpc) is 2.83. The first-order chi connectivity index (χ1) is 4.86. The highest BCUT2D eigenvalue weighted by Gasteiger charge is 2.51. The van der Waals surface area contributed by atoms with Crippen LogP contribution in [-0.2, 0) is 0 Å². The maximum atomic E-state index is 8.81. The third kappa shape index (κ3) is 0.968. The van der Waals surface area contributed by atoms with Gasteiger partial charge in [0, 0.05) is 6.61 Å². The van der Waals surface area contributed by atoms with Crippen LogP contribution in [0.2, 0.25) is 0 Å². The summed E-state index contributed by atoms with van der Waals surface area (Å²) < 4.78 is 0. The van der Waals surface area contributed by atoms with Gasteiger partial charge < -0.3 is 5.11 Å². The van der Waals surface area contributed by atoms with Crippen molar-refractivity contribution < 1.29 is 5.11 Å². The van der Waals surface area contributed by atoms with Crippen LogP contribution < -0.4 is 0 Å². The zero-order chi connectivity index (χ0) is 7.14. The van der Waals surface area contributed by atoms with Gasteiger partial charge in [0.15, 0.2) is 0 Å². The molecule has 0 aliphatic heterocycles. The summed E-state index contributed by atoms with van der Waals surface area (Å²) in [7, 11) is 0. The van der Waals surface area contributed by atoms with E-state index >= 15 is 0 Å². The molecule has 0 spiro atoms. The molecule has 0 heterocycles. The minimum absolute atomic E-state index is 0.442. The fourth-order valence-electron chi connectivity index (χ4n) is 2.27. The number of aliphatic hydroxyl groups excluding tert-OH is 1. The first kappa shape index (κ1) is 6.66. The van der Waals surface area contributed by atoms with Crippen molar-refractivity contribution in [3.05, 3.63) is 0 Å². The molecule has 4 atom stereocenters. The lowest BCUT2D eigenvalue weighted by Gasteiger charge is -1.92. The molecule has 0 amide bonds. The first-order valence-electron chi connectivity index (χ1n) is 4.47. The molecule has 2 saturated carbocycles. The van der Waals surface area contributed by atoms with Crippen molar-refractivity contribution in [1.82, 2.24) is 0 Å². The molecule has 1 nitrogen and oxygen atoms in total. The minimum atomic E-state index is 0.442. The van der Waals surface area contributed by atoms with Crippen LogP contribution in [0.4, 0.5) is 0 Å². The number of rotatable bonds is 3. The van der Waals surface area contributed by atoms with E-state index in [-0.39, 0.29) is 0 Å². The van der Waals surface area contributed by atoms with Gasteiger partial charge in [-0.3, -0.25) is 0 Å². The molecule has 0 radical (unpaired) electrons. The maximum Gasteiger partial charge on any atom is 0.0462 e. The Morgan fingerprint density at radius 1 is 1.20 bits per heavy atom. The van der Waals surface area contributed by atoms with Crippen molar-refractivity contribution >= 4 is 0 Å². The summed E-state index contributed by atoms with van der Waals surface area (Å²) in [5, 5.41) is 8.81. The Morgan fingerprint density at radius 2 is 1.80 bits per heavy atom. The van der Waals surface area contributed by atoms with Crippen LogP contribution in [0.1, 0.15) is 26.2 Å². The lowest BCUT2D eigenvalue weighted by molar-refractivity contribution is 0.265. The van der Waals surface area contributed by atoms with E-state index in [1.165, 1.54) is 19.3 Å². The summed E-state index contributed by atoms with van der Waals surface area (Å²) in [6.07, 6.45) is 4.13. The van der Waals surface area contributed by atoms with E-state index < -0.39 is 0 Å². The van der Waals surface area contributed by atoms with Crippen molar-refractivity contribution in [3.8, 4) is 0 Å². The van der Waals surface area contributed by atoms with E-state index in [1.807, 2.05) is 0 Å². The number of hydrogen-bond donors (Lipinski definition) is 1. The van der Waals surface area contributed by atoms with Crippen molar-refractivity contribution in [2.45, 2.75) is 26.2 Å². The summed E-state index contributed by atoms with van der Waals surface area (Å²) in [6.45, 7) is 2.72. The van der Waals surface area contributed by atoms with Gasteiger partial charge in [0.25, 0.3) is 0 Å². The molecule has 2 aliphatic rings. The first-order valence-corrected chi connectivity index (χ1v) is 4.47. The molecular weight excluding hydrogens is 124 g/mol. The number of hydrogen-bond acceptors (Lipinski definition) is 1. The van der Waals surface area contributed by atoms with Crippen LogP contribution in [0, 0.1) is 23.7 Å². The largest absolute Gasteiger partial charge is 0.396 e. The highest BCUT2D eigenvalue weighted by atomic mass is 16.3. The summed E-state index contributed by atoms with van der Waals surface area (Å²) in [5.74, 6) is 3.67. The van der Waals surface area contributed by atoms with E-state index in [9.17, 15) is 0 Å². The molecule has 0 aromatic carbocycles. The van der Waals surface area contributed by atoms with Crippen LogP contribution >= 0.6 is 0 Å². The molecule has 2 rings (SSSR count). The Balaban J connectivity index is 1.74. The fraction of sp³-hybridized carbons (Fsp3) is 1.00. The second-order valence-corrected chi connectivity index (χ2v) is 3.91. The molecule has 58 valence electrons. The van der Waals surface area contributed by atoms with Gasteiger partial charge in [0.05, 0.1) is 0 Å². The Hall–Kier alpha value is -0.0400. The normalized spacial score (nSPS) is 51.0. The Labute approximate surface area is 62.4 Å². The highest BCUT2D eigenvalue weighted by Crippen LogP contribution is 2.58. The second kappa shape index (κ2) is 2.23. The quantitative estimate of drug-likeness (QED) is 0.632. The third-order valence-electron chi connectivity index (χ3n) is 3.26. The smallest absolute Gasteiger partial charge is 0.0462 e. The van der Waals surface area contributed by atoms with Crippen LogP contribution in [0.3, 0.4) is 0 Å². The third-order valence-corrected chi connectivity index (χ3v) is 3.26. The maximum absolute atomic E-state index is 8.81. The van der Waals surface area contributed by atoms with E-state index in [1.54, 1.807) is 0 Å². The Kier molecular flexibility index (Phi) is 1.48.